The molecule has 2 N–H and O–H groups in total. The molecule has 0 heterocycles. The van der Waals surface area contributed by atoms with E-state index in [1.54, 1.807) is 12.1 Å². The summed E-state index contributed by atoms with van der Waals surface area (Å²) in [4.78, 5) is 0.678. The SMILES string of the molecule is N#CSc1cc(Br)cc(Cl)c1N. The van der Waals surface area contributed by atoms with E-state index in [9.17, 15) is 0 Å². The van der Waals surface area contributed by atoms with Gasteiger partial charge < -0.3 is 5.73 Å². The van der Waals surface area contributed by atoms with E-state index in [4.69, 9.17) is 22.6 Å². The molecule has 0 saturated heterocycles. The Morgan fingerprint density at radius 1 is 1.58 bits per heavy atom. The second kappa shape index (κ2) is 4.04. The van der Waals surface area contributed by atoms with Gasteiger partial charge in [-0.15, -0.1) is 0 Å². The summed E-state index contributed by atoms with van der Waals surface area (Å²) in [6.07, 6.45) is 0. The monoisotopic (exact) mass is 262 g/mol. The molecule has 1 aromatic carbocycles. The normalized spacial score (nSPS) is 9.42. The lowest BCUT2D eigenvalue weighted by Gasteiger charge is -2.03. The summed E-state index contributed by atoms with van der Waals surface area (Å²) in [5.74, 6) is 0. The van der Waals surface area contributed by atoms with Gasteiger partial charge in [0.1, 0.15) is 5.40 Å². The van der Waals surface area contributed by atoms with Gasteiger partial charge in [-0.25, -0.2) is 0 Å². The first kappa shape index (κ1) is 9.72. The second-order valence-electron chi connectivity index (χ2n) is 1.99. The van der Waals surface area contributed by atoms with Crippen molar-refractivity contribution in [2.24, 2.45) is 0 Å². The summed E-state index contributed by atoms with van der Waals surface area (Å²) in [6, 6.07) is 3.45. The number of halogens is 2. The van der Waals surface area contributed by atoms with Crippen LogP contribution in [-0.2, 0) is 0 Å². The van der Waals surface area contributed by atoms with Gasteiger partial charge in [0, 0.05) is 9.37 Å². The van der Waals surface area contributed by atoms with Crippen molar-refractivity contribution in [3.8, 4) is 5.40 Å². The van der Waals surface area contributed by atoms with Crippen molar-refractivity contribution in [2.75, 3.05) is 5.73 Å². The van der Waals surface area contributed by atoms with Crippen LogP contribution in [0.2, 0.25) is 5.02 Å². The number of nitrogen functional groups attached to an aromatic ring is 1. The first-order valence-corrected chi connectivity index (χ1v) is 4.94. The van der Waals surface area contributed by atoms with Crippen molar-refractivity contribution >= 4 is 45.0 Å². The van der Waals surface area contributed by atoms with Crippen LogP contribution in [0.1, 0.15) is 0 Å². The van der Waals surface area contributed by atoms with Crippen LogP contribution >= 0.6 is 39.3 Å². The third-order valence-corrected chi connectivity index (χ3v) is 2.63. The summed E-state index contributed by atoms with van der Waals surface area (Å²) in [5.41, 5.74) is 6.06. The molecule has 1 rings (SSSR count). The fraction of sp³-hybridized carbons (Fsp3) is 0. The van der Waals surface area contributed by atoms with Gasteiger partial charge in [-0.05, 0) is 23.9 Å². The van der Waals surface area contributed by atoms with Crippen LogP contribution in [0.5, 0.6) is 0 Å². The molecule has 0 aliphatic rings. The van der Waals surface area contributed by atoms with E-state index in [-0.39, 0.29) is 0 Å². The Hall–Kier alpha value is -0.370. The highest BCUT2D eigenvalue weighted by atomic mass is 79.9. The summed E-state index contributed by atoms with van der Waals surface area (Å²) in [7, 11) is 0. The van der Waals surface area contributed by atoms with E-state index in [0.717, 1.165) is 16.2 Å². The van der Waals surface area contributed by atoms with Gasteiger partial charge in [-0.1, -0.05) is 27.5 Å². The van der Waals surface area contributed by atoms with Crippen molar-refractivity contribution in [3.63, 3.8) is 0 Å². The third-order valence-electron chi connectivity index (χ3n) is 1.21. The molecule has 5 heteroatoms. The second-order valence-corrected chi connectivity index (χ2v) is 4.14. The van der Waals surface area contributed by atoms with E-state index >= 15 is 0 Å². The maximum Gasteiger partial charge on any atom is 0.138 e. The average Bonchev–Trinajstić information content (AvgIpc) is 2.00. The Morgan fingerprint density at radius 2 is 2.25 bits per heavy atom. The summed E-state index contributed by atoms with van der Waals surface area (Å²) in [5, 5.41) is 10.8. The quantitative estimate of drug-likeness (QED) is 0.481. The Kier molecular flexibility index (Phi) is 3.27. The van der Waals surface area contributed by atoms with Crippen LogP contribution in [0.4, 0.5) is 5.69 Å². The molecule has 0 aromatic heterocycles. The number of nitrogens with zero attached hydrogens (tertiary/aromatic N) is 1. The molecule has 0 spiro atoms. The van der Waals surface area contributed by atoms with Crippen molar-refractivity contribution in [2.45, 2.75) is 4.90 Å². The van der Waals surface area contributed by atoms with Crippen LogP contribution in [0.25, 0.3) is 0 Å². The van der Waals surface area contributed by atoms with Gasteiger partial charge in [-0.2, -0.15) is 5.26 Å². The number of anilines is 1. The molecule has 0 bridgehead atoms. The zero-order valence-electron chi connectivity index (χ0n) is 5.84. The molecular weight excluding hydrogens is 260 g/mol. The zero-order valence-corrected chi connectivity index (χ0v) is 9.00. The number of hydrogen-bond donors (Lipinski definition) is 1. The lowest BCUT2D eigenvalue weighted by molar-refractivity contribution is 1.44. The van der Waals surface area contributed by atoms with Gasteiger partial charge >= 0.3 is 0 Å². The first-order chi connectivity index (χ1) is 5.65. The van der Waals surface area contributed by atoms with Gasteiger partial charge in [0.15, 0.2) is 0 Å². The smallest absolute Gasteiger partial charge is 0.138 e. The number of benzene rings is 1. The van der Waals surface area contributed by atoms with E-state index in [1.807, 2.05) is 5.40 Å². The molecule has 0 fully saturated rings. The minimum atomic E-state index is 0.450. The highest BCUT2D eigenvalue weighted by Gasteiger charge is 2.05. The van der Waals surface area contributed by atoms with Crippen molar-refractivity contribution in [3.05, 3.63) is 21.6 Å². The standard InChI is InChI=1S/C7H4BrClN2S/c8-4-1-5(9)7(11)6(2-4)12-3-10/h1-2H,11H2. The maximum absolute atomic E-state index is 8.42. The lowest BCUT2D eigenvalue weighted by Crippen LogP contribution is -1.89. The lowest BCUT2D eigenvalue weighted by atomic mass is 10.3. The molecule has 62 valence electrons. The summed E-state index contributed by atoms with van der Waals surface area (Å²) in [6.45, 7) is 0. The van der Waals surface area contributed by atoms with Crippen LogP contribution in [-0.4, -0.2) is 0 Å². The molecular formula is C7H4BrClN2S. The molecule has 1 aromatic rings. The summed E-state index contributed by atoms with van der Waals surface area (Å²) < 4.78 is 0.819. The number of nitriles is 1. The van der Waals surface area contributed by atoms with Gasteiger partial charge in [-0.3, -0.25) is 0 Å². The molecule has 0 saturated carbocycles. The number of nitrogens with two attached hydrogens (primary N) is 1. The third kappa shape index (κ3) is 2.07. The fourth-order valence-electron chi connectivity index (χ4n) is 0.695. The maximum atomic E-state index is 8.42. The summed E-state index contributed by atoms with van der Waals surface area (Å²) >= 11 is 10.0. The fourth-order valence-corrected chi connectivity index (χ4v) is 2.22. The predicted octanol–water partition coefficient (Wildman–Crippen LogP) is 3.26. The predicted molar refractivity (Wildman–Crippen MR) is 55.0 cm³/mol. The van der Waals surface area contributed by atoms with Gasteiger partial charge in [0.25, 0.3) is 0 Å². The van der Waals surface area contributed by atoms with E-state index in [2.05, 4.69) is 15.9 Å². The molecule has 0 amide bonds. The van der Waals surface area contributed by atoms with Crippen molar-refractivity contribution < 1.29 is 0 Å². The Labute approximate surface area is 87.8 Å². The molecule has 12 heavy (non-hydrogen) atoms. The molecule has 0 unspecified atom stereocenters. The van der Waals surface area contributed by atoms with E-state index in [1.165, 1.54) is 0 Å². The van der Waals surface area contributed by atoms with E-state index < -0.39 is 0 Å². The molecule has 0 aliphatic heterocycles. The van der Waals surface area contributed by atoms with Crippen LogP contribution < -0.4 is 5.73 Å². The number of thioether (sulfide) groups is 1. The number of thiocyanates is 1. The van der Waals surface area contributed by atoms with Crippen LogP contribution in [0.15, 0.2) is 21.5 Å². The van der Waals surface area contributed by atoms with E-state index in [0.29, 0.717) is 15.6 Å². The number of hydrogen-bond acceptors (Lipinski definition) is 3. The molecule has 2 nitrogen and oxygen atoms in total. The largest absolute Gasteiger partial charge is 0.397 e. The van der Waals surface area contributed by atoms with Crippen molar-refractivity contribution in [1.29, 1.82) is 5.26 Å². The van der Waals surface area contributed by atoms with Crippen LogP contribution in [0.3, 0.4) is 0 Å². The highest BCUT2D eigenvalue weighted by molar-refractivity contribution is 9.10. The molecule has 0 aliphatic carbocycles. The minimum absolute atomic E-state index is 0.450. The highest BCUT2D eigenvalue weighted by Crippen LogP contribution is 2.33. The number of rotatable bonds is 1. The average molecular weight is 264 g/mol. The topological polar surface area (TPSA) is 49.8 Å². The Bertz CT molecular complexity index is 348. The van der Waals surface area contributed by atoms with Gasteiger partial charge in [0.2, 0.25) is 0 Å². The van der Waals surface area contributed by atoms with Crippen LogP contribution in [0, 0.1) is 10.7 Å². The first-order valence-electron chi connectivity index (χ1n) is 2.95. The molecule has 0 radical (unpaired) electrons. The Morgan fingerprint density at radius 3 is 2.83 bits per heavy atom. The van der Waals surface area contributed by atoms with Gasteiger partial charge in [0.05, 0.1) is 10.7 Å². The Balaban J connectivity index is 3.20. The molecule has 0 atom stereocenters. The zero-order chi connectivity index (χ0) is 9.14. The van der Waals surface area contributed by atoms with Crippen molar-refractivity contribution in [1.82, 2.24) is 0 Å². The minimum Gasteiger partial charge on any atom is -0.397 e.